The zero-order valence-corrected chi connectivity index (χ0v) is 13.0. The van der Waals surface area contributed by atoms with Gasteiger partial charge in [-0.15, -0.1) is 0 Å². The fourth-order valence-corrected chi connectivity index (χ4v) is 3.47. The molecule has 0 aromatic rings. The summed E-state index contributed by atoms with van der Waals surface area (Å²) < 4.78 is 0. The summed E-state index contributed by atoms with van der Waals surface area (Å²) in [5, 5.41) is 3.22. The van der Waals surface area contributed by atoms with E-state index in [4.69, 9.17) is 0 Å². The maximum Gasteiger partial charge on any atom is 0.202 e. The maximum atomic E-state index is 11.8. The molecule has 1 N–H and O–H groups in total. The average Bonchev–Trinajstić information content (AvgIpc) is 2.42. The van der Waals surface area contributed by atoms with Crippen LogP contribution in [0.1, 0.15) is 52.4 Å². The lowest BCUT2D eigenvalue weighted by Crippen LogP contribution is -2.35. The number of hydrogen-bond acceptors (Lipinski definition) is 4. The Kier molecular flexibility index (Phi) is 8.38. The van der Waals surface area contributed by atoms with E-state index in [-0.39, 0.29) is 11.2 Å². The maximum absolute atomic E-state index is 11.8. The van der Waals surface area contributed by atoms with Gasteiger partial charge in [-0.05, 0) is 31.1 Å². The van der Waals surface area contributed by atoms with Gasteiger partial charge in [0.05, 0.1) is 12.6 Å². The second kappa shape index (κ2) is 9.54. The topological polar surface area (TPSA) is 46.2 Å². The van der Waals surface area contributed by atoms with Crippen LogP contribution >= 0.6 is 11.8 Å². The van der Waals surface area contributed by atoms with Gasteiger partial charge in [0, 0.05) is 5.75 Å². The third-order valence-electron chi connectivity index (χ3n) is 3.60. The van der Waals surface area contributed by atoms with Gasteiger partial charge in [-0.3, -0.25) is 4.79 Å². The van der Waals surface area contributed by atoms with Gasteiger partial charge in [0.1, 0.15) is 6.29 Å². The Morgan fingerprint density at radius 1 is 1.32 bits per heavy atom. The molecule has 110 valence electrons. The third kappa shape index (κ3) is 7.73. The summed E-state index contributed by atoms with van der Waals surface area (Å²) in [7, 11) is 0. The van der Waals surface area contributed by atoms with Crippen molar-refractivity contribution in [3.63, 3.8) is 0 Å². The number of nitrogens with one attached hydrogen (secondary N) is 1. The molecular formula is C15H27NO2S. The smallest absolute Gasteiger partial charge is 0.202 e. The van der Waals surface area contributed by atoms with Crippen molar-refractivity contribution in [2.75, 3.05) is 12.3 Å². The van der Waals surface area contributed by atoms with E-state index in [9.17, 15) is 9.59 Å². The number of carbonyl (C=O) groups is 2. The van der Waals surface area contributed by atoms with Crippen molar-refractivity contribution in [1.29, 1.82) is 0 Å². The van der Waals surface area contributed by atoms with E-state index >= 15 is 0 Å². The van der Waals surface area contributed by atoms with Gasteiger partial charge in [0.25, 0.3) is 0 Å². The highest BCUT2D eigenvalue weighted by Gasteiger charge is 2.16. The molecule has 1 aliphatic carbocycles. The molecule has 0 bridgehead atoms. The van der Waals surface area contributed by atoms with E-state index in [1.165, 1.54) is 43.9 Å². The van der Waals surface area contributed by atoms with Crippen LogP contribution in [-0.4, -0.2) is 29.7 Å². The number of rotatable bonds is 8. The molecule has 1 rings (SSSR count). The van der Waals surface area contributed by atoms with Crippen molar-refractivity contribution >= 4 is 23.2 Å². The second-order valence-electron chi connectivity index (χ2n) is 5.94. The van der Waals surface area contributed by atoms with Crippen LogP contribution in [0, 0.1) is 11.8 Å². The molecule has 1 saturated carbocycles. The molecular weight excluding hydrogens is 258 g/mol. The van der Waals surface area contributed by atoms with E-state index < -0.39 is 0 Å². The summed E-state index contributed by atoms with van der Waals surface area (Å²) >= 11 is 1.44. The highest BCUT2D eigenvalue weighted by molar-refractivity contribution is 8.13. The molecule has 0 heterocycles. The van der Waals surface area contributed by atoms with E-state index in [0.29, 0.717) is 12.5 Å². The van der Waals surface area contributed by atoms with E-state index in [1.54, 1.807) is 0 Å². The van der Waals surface area contributed by atoms with Crippen LogP contribution in [0.2, 0.25) is 0 Å². The second-order valence-corrected chi connectivity index (χ2v) is 7.02. The molecule has 1 fully saturated rings. The molecule has 0 aromatic heterocycles. The van der Waals surface area contributed by atoms with E-state index in [0.717, 1.165) is 24.4 Å². The molecule has 19 heavy (non-hydrogen) atoms. The average molecular weight is 285 g/mol. The number of hydrogen-bond donors (Lipinski definition) is 1. The Labute approximate surface area is 121 Å². The van der Waals surface area contributed by atoms with Crippen molar-refractivity contribution in [1.82, 2.24) is 5.32 Å². The summed E-state index contributed by atoms with van der Waals surface area (Å²) in [6.07, 6.45) is 8.25. The molecule has 0 spiro atoms. The third-order valence-corrected chi connectivity index (χ3v) is 4.71. The largest absolute Gasteiger partial charge is 0.302 e. The monoisotopic (exact) mass is 285 g/mol. The Morgan fingerprint density at radius 2 is 2.00 bits per heavy atom. The predicted octanol–water partition coefficient (Wildman–Crippen LogP) is 3.03. The first-order valence-corrected chi connectivity index (χ1v) is 8.44. The molecule has 0 radical (unpaired) electrons. The van der Waals surface area contributed by atoms with E-state index in [1.807, 2.05) is 0 Å². The lowest BCUT2D eigenvalue weighted by Gasteiger charge is -2.20. The Balaban J connectivity index is 2.13. The van der Waals surface area contributed by atoms with Gasteiger partial charge in [-0.2, -0.15) is 0 Å². The van der Waals surface area contributed by atoms with Crippen LogP contribution in [-0.2, 0) is 9.59 Å². The van der Waals surface area contributed by atoms with Crippen LogP contribution in [0.3, 0.4) is 0 Å². The van der Waals surface area contributed by atoms with Gasteiger partial charge in [0.2, 0.25) is 5.12 Å². The zero-order chi connectivity index (χ0) is 14.1. The van der Waals surface area contributed by atoms with E-state index in [2.05, 4.69) is 19.2 Å². The van der Waals surface area contributed by atoms with Crippen LogP contribution in [0.5, 0.6) is 0 Å². The normalized spacial score (nSPS) is 18.5. The van der Waals surface area contributed by atoms with Crippen molar-refractivity contribution in [2.45, 2.75) is 58.4 Å². The van der Waals surface area contributed by atoms with Crippen LogP contribution in [0.4, 0.5) is 0 Å². The Hall–Kier alpha value is -0.350. The first-order chi connectivity index (χ1) is 9.11. The van der Waals surface area contributed by atoms with Crippen LogP contribution in [0.15, 0.2) is 0 Å². The van der Waals surface area contributed by atoms with Crippen LogP contribution < -0.4 is 5.32 Å². The first-order valence-electron chi connectivity index (χ1n) is 7.46. The molecule has 0 unspecified atom stereocenters. The van der Waals surface area contributed by atoms with Gasteiger partial charge >= 0.3 is 0 Å². The van der Waals surface area contributed by atoms with Gasteiger partial charge in [-0.25, -0.2) is 0 Å². The number of carbonyl (C=O) groups excluding carboxylic acids is 2. The zero-order valence-electron chi connectivity index (χ0n) is 12.2. The highest BCUT2D eigenvalue weighted by Crippen LogP contribution is 2.26. The van der Waals surface area contributed by atoms with Crippen molar-refractivity contribution in [2.24, 2.45) is 11.8 Å². The van der Waals surface area contributed by atoms with Crippen molar-refractivity contribution in [3.05, 3.63) is 0 Å². The standard InChI is InChI=1S/C15H27NO2S/c1-12(2)8-14(10-17)16-9-15(18)19-11-13-6-4-3-5-7-13/h10,12-14,16H,3-9,11H2,1-2H3/t14-/m0/s1. The van der Waals surface area contributed by atoms with Crippen molar-refractivity contribution in [3.8, 4) is 0 Å². The molecule has 1 atom stereocenters. The minimum Gasteiger partial charge on any atom is -0.302 e. The summed E-state index contributed by atoms with van der Waals surface area (Å²) in [5.74, 6) is 2.14. The molecule has 1 aliphatic rings. The SMILES string of the molecule is CC(C)C[C@@H](C=O)NCC(=O)SCC1CCCCC1. The molecule has 0 saturated heterocycles. The fraction of sp³-hybridized carbons (Fsp3) is 0.867. The number of aldehydes is 1. The molecule has 4 heteroatoms. The number of thioether (sulfide) groups is 1. The minimum absolute atomic E-state index is 0.168. The summed E-state index contributed by atoms with van der Waals surface area (Å²) in [5.41, 5.74) is 0. The minimum atomic E-state index is -0.181. The van der Waals surface area contributed by atoms with Gasteiger partial charge < -0.3 is 10.1 Å². The van der Waals surface area contributed by atoms with Gasteiger partial charge in [0.15, 0.2) is 0 Å². The Bertz CT molecular complexity index is 275. The molecule has 0 aromatic carbocycles. The predicted molar refractivity (Wildman–Crippen MR) is 81.3 cm³/mol. The molecule has 0 aliphatic heterocycles. The quantitative estimate of drug-likeness (QED) is 0.696. The Morgan fingerprint density at radius 3 is 2.58 bits per heavy atom. The lowest BCUT2D eigenvalue weighted by atomic mass is 9.91. The fourth-order valence-electron chi connectivity index (χ4n) is 2.52. The lowest BCUT2D eigenvalue weighted by molar-refractivity contribution is -0.111. The summed E-state index contributed by atoms with van der Waals surface area (Å²) in [4.78, 5) is 22.7. The highest BCUT2D eigenvalue weighted by atomic mass is 32.2. The summed E-state index contributed by atoms with van der Waals surface area (Å²) in [6.45, 7) is 4.48. The van der Waals surface area contributed by atoms with Crippen molar-refractivity contribution < 1.29 is 9.59 Å². The first kappa shape index (κ1) is 16.7. The molecule has 3 nitrogen and oxygen atoms in total. The molecule has 0 amide bonds. The van der Waals surface area contributed by atoms with Crippen LogP contribution in [0.25, 0.3) is 0 Å². The van der Waals surface area contributed by atoms with Gasteiger partial charge in [-0.1, -0.05) is 44.9 Å². The summed E-state index contributed by atoms with van der Waals surface area (Å²) in [6, 6.07) is -0.181.